The van der Waals surface area contributed by atoms with Crippen molar-refractivity contribution < 1.29 is 13.2 Å². The molecular weight excluding hydrogens is 396 g/mol. The zero-order valence-corrected chi connectivity index (χ0v) is 17.7. The zero-order valence-electron chi connectivity index (χ0n) is 16.9. The highest BCUT2D eigenvalue weighted by Crippen LogP contribution is 2.22. The Labute approximate surface area is 177 Å². The maximum absolute atomic E-state index is 13.0. The summed E-state index contributed by atoms with van der Waals surface area (Å²) in [5, 5.41) is 0. The van der Waals surface area contributed by atoms with Crippen molar-refractivity contribution in [3.63, 3.8) is 0 Å². The van der Waals surface area contributed by atoms with E-state index in [1.165, 1.54) is 0 Å². The molecule has 0 atom stereocenters. The van der Waals surface area contributed by atoms with E-state index < -0.39 is 10.0 Å². The number of ether oxygens (including phenoxy) is 1. The second kappa shape index (κ2) is 8.81. The first-order chi connectivity index (χ1) is 14.5. The van der Waals surface area contributed by atoms with Crippen LogP contribution in [-0.4, -0.2) is 45.5 Å². The van der Waals surface area contributed by atoms with Gasteiger partial charge in [-0.15, -0.1) is 4.40 Å². The maximum atomic E-state index is 13.0. The molecular formula is C24H24N2O3S. The predicted octanol–water partition coefficient (Wildman–Crippen LogP) is 4.13. The molecule has 6 heteroatoms. The second-order valence-electron chi connectivity index (χ2n) is 7.25. The minimum Gasteiger partial charge on any atom is -0.378 e. The topological polar surface area (TPSA) is 59.0 Å². The monoisotopic (exact) mass is 420 g/mol. The molecule has 0 unspecified atom stereocenters. The fourth-order valence-electron chi connectivity index (χ4n) is 3.39. The number of hydrogen-bond donors (Lipinski definition) is 0. The number of nitrogens with zero attached hydrogens (tertiary/aromatic N) is 2. The second-order valence-corrected chi connectivity index (χ2v) is 8.85. The Morgan fingerprint density at radius 2 is 1.43 bits per heavy atom. The van der Waals surface area contributed by atoms with Crippen LogP contribution in [0.2, 0.25) is 0 Å². The van der Waals surface area contributed by atoms with Crippen molar-refractivity contribution in [3.05, 3.63) is 90.0 Å². The van der Waals surface area contributed by atoms with Gasteiger partial charge in [0.25, 0.3) is 10.0 Å². The van der Waals surface area contributed by atoms with Crippen molar-refractivity contribution in [1.29, 1.82) is 0 Å². The molecule has 154 valence electrons. The van der Waals surface area contributed by atoms with Crippen LogP contribution >= 0.6 is 0 Å². The lowest BCUT2D eigenvalue weighted by Gasteiger charge is -2.30. The molecule has 1 aliphatic rings. The van der Waals surface area contributed by atoms with E-state index in [0.717, 1.165) is 22.3 Å². The minimum atomic E-state index is -3.83. The summed E-state index contributed by atoms with van der Waals surface area (Å²) in [6, 6.07) is 24.7. The highest BCUT2D eigenvalue weighted by Gasteiger charge is 2.22. The molecule has 1 fully saturated rings. The Bertz CT molecular complexity index is 1120. The van der Waals surface area contributed by atoms with Crippen molar-refractivity contribution in [2.45, 2.75) is 11.8 Å². The number of rotatable bonds is 4. The Morgan fingerprint density at radius 3 is 2.07 bits per heavy atom. The molecule has 4 rings (SSSR count). The van der Waals surface area contributed by atoms with Gasteiger partial charge in [0.15, 0.2) is 0 Å². The van der Waals surface area contributed by atoms with Gasteiger partial charge in [0.05, 0.1) is 18.1 Å². The molecule has 30 heavy (non-hydrogen) atoms. The number of benzene rings is 3. The average Bonchev–Trinajstić information content (AvgIpc) is 2.79. The van der Waals surface area contributed by atoms with Gasteiger partial charge in [-0.2, -0.15) is 8.42 Å². The van der Waals surface area contributed by atoms with Crippen LogP contribution in [0.5, 0.6) is 0 Å². The van der Waals surface area contributed by atoms with Crippen molar-refractivity contribution in [3.8, 4) is 11.1 Å². The van der Waals surface area contributed by atoms with Crippen LogP contribution in [0.4, 0.5) is 0 Å². The quantitative estimate of drug-likeness (QED) is 0.470. The fourth-order valence-corrected chi connectivity index (χ4v) is 4.42. The van der Waals surface area contributed by atoms with Crippen molar-refractivity contribution in [2.75, 3.05) is 26.3 Å². The summed E-state index contributed by atoms with van der Waals surface area (Å²) in [5.41, 5.74) is 3.96. The average molecular weight is 421 g/mol. The van der Waals surface area contributed by atoms with Crippen LogP contribution < -0.4 is 0 Å². The lowest BCUT2D eigenvalue weighted by molar-refractivity contribution is 0.0683. The van der Waals surface area contributed by atoms with Crippen molar-refractivity contribution in [2.24, 2.45) is 4.40 Å². The minimum absolute atomic E-state index is 0.194. The summed E-state index contributed by atoms with van der Waals surface area (Å²) < 4.78 is 35.7. The SMILES string of the molecule is Cc1ccc(S(=O)(=O)/N=C(/c2ccc(-c3ccccc3)cc2)N2CCOCC2)cc1. The Hall–Kier alpha value is -2.96. The molecule has 3 aromatic rings. The van der Waals surface area contributed by atoms with Crippen LogP contribution in [0.1, 0.15) is 11.1 Å². The summed E-state index contributed by atoms with van der Waals surface area (Å²) in [4.78, 5) is 2.17. The number of sulfonamides is 1. The number of hydrogen-bond acceptors (Lipinski definition) is 3. The zero-order chi connectivity index (χ0) is 21.0. The third-order valence-corrected chi connectivity index (χ3v) is 6.37. The van der Waals surface area contributed by atoms with Crippen LogP contribution in [-0.2, 0) is 14.8 Å². The molecule has 5 nitrogen and oxygen atoms in total. The van der Waals surface area contributed by atoms with E-state index in [9.17, 15) is 8.42 Å². The van der Waals surface area contributed by atoms with E-state index in [-0.39, 0.29) is 4.90 Å². The summed E-state index contributed by atoms with van der Waals surface area (Å²) in [5.74, 6) is 0.457. The molecule has 0 spiro atoms. The van der Waals surface area contributed by atoms with Gasteiger partial charge < -0.3 is 9.64 Å². The molecule has 1 saturated heterocycles. The number of morpholine rings is 1. The lowest BCUT2D eigenvalue weighted by Crippen LogP contribution is -2.41. The number of amidine groups is 1. The van der Waals surface area contributed by atoms with E-state index in [0.29, 0.717) is 32.1 Å². The highest BCUT2D eigenvalue weighted by molar-refractivity contribution is 7.90. The molecule has 1 heterocycles. The molecule has 0 saturated carbocycles. The van der Waals surface area contributed by atoms with E-state index in [2.05, 4.69) is 4.40 Å². The van der Waals surface area contributed by atoms with Gasteiger partial charge in [-0.1, -0.05) is 72.3 Å². The summed E-state index contributed by atoms with van der Waals surface area (Å²) in [7, 11) is -3.83. The van der Waals surface area contributed by atoms with Gasteiger partial charge in [0.2, 0.25) is 0 Å². The maximum Gasteiger partial charge on any atom is 0.284 e. The largest absolute Gasteiger partial charge is 0.378 e. The number of aryl methyl sites for hydroxylation is 1. The normalized spacial score (nSPS) is 15.2. The third kappa shape index (κ3) is 4.61. The molecule has 1 aliphatic heterocycles. The Morgan fingerprint density at radius 1 is 0.833 bits per heavy atom. The standard InChI is InChI=1S/C24H24N2O3S/c1-19-7-13-23(14-8-19)30(27,28)25-24(26-15-17-29-18-16-26)22-11-9-21(10-12-22)20-5-3-2-4-6-20/h2-14H,15-18H2,1H3/b25-24-. The predicted molar refractivity (Wildman–Crippen MR) is 119 cm³/mol. The van der Waals surface area contributed by atoms with E-state index >= 15 is 0 Å². The van der Waals surface area contributed by atoms with Gasteiger partial charge in [-0.25, -0.2) is 0 Å². The van der Waals surface area contributed by atoms with Gasteiger partial charge in [-0.3, -0.25) is 0 Å². The molecule has 0 radical (unpaired) electrons. The fraction of sp³-hybridized carbons (Fsp3) is 0.208. The van der Waals surface area contributed by atoms with E-state index in [1.807, 2.05) is 66.4 Å². The van der Waals surface area contributed by atoms with Crippen molar-refractivity contribution >= 4 is 15.9 Å². The first-order valence-electron chi connectivity index (χ1n) is 9.93. The molecule has 0 bridgehead atoms. The van der Waals surface area contributed by atoms with Crippen LogP contribution in [0.25, 0.3) is 11.1 Å². The summed E-state index contributed by atoms with van der Waals surface area (Å²) in [6.45, 7) is 4.22. The highest BCUT2D eigenvalue weighted by atomic mass is 32.2. The van der Waals surface area contributed by atoms with Gasteiger partial charge in [0.1, 0.15) is 5.84 Å². The molecule has 0 aromatic heterocycles. The Balaban J connectivity index is 1.73. The van der Waals surface area contributed by atoms with Crippen LogP contribution in [0.3, 0.4) is 0 Å². The smallest absolute Gasteiger partial charge is 0.284 e. The molecule has 0 amide bonds. The third-order valence-electron chi connectivity index (χ3n) is 5.09. The Kier molecular flexibility index (Phi) is 5.97. The van der Waals surface area contributed by atoms with Crippen molar-refractivity contribution in [1.82, 2.24) is 4.90 Å². The first-order valence-corrected chi connectivity index (χ1v) is 11.4. The van der Waals surface area contributed by atoms with E-state index in [1.54, 1.807) is 24.3 Å². The van der Waals surface area contributed by atoms with Gasteiger partial charge in [-0.05, 0) is 30.2 Å². The first kappa shape index (κ1) is 20.3. The van der Waals surface area contributed by atoms with E-state index in [4.69, 9.17) is 4.74 Å². The van der Waals surface area contributed by atoms with Gasteiger partial charge >= 0.3 is 0 Å². The molecule has 0 aliphatic carbocycles. The van der Waals surface area contributed by atoms with Crippen LogP contribution in [0, 0.1) is 6.92 Å². The summed E-state index contributed by atoms with van der Waals surface area (Å²) >= 11 is 0. The molecule has 3 aromatic carbocycles. The van der Waals surface area contributed by atoms with Gasteiger partial charge in [0, 0.05) is 18.7 Å². The summed E-state index contributed by atoms with van der Waals surface area (Å²) in [6.07, 6.45) is 0. The molecule has 0 N–H and O–H groups in total. The lowest BCUT2D eigenvalue weighted by atomic mass is 10.0. The van der Waals surface area contributed by atoms with Crippen LogP contribution in [0.15, 0.2) is 88.2 Å².